The molecule has 0 fully saturated rings. The van der Waals surface area contributed by atoms with E-state index in [9.17, 15) is 38.7 Å². The van der Waals surface area contributed by atoms with E-state index in [1.54, 1.807) is 62.3 Å². The van der Waals surface area contributed by atoms with Gasteiger partial charge in [0.1, 0.15) is 40.5 Å². The third kappa shape index (κ3) is 15.5. The zero-order valence-electron chi connectivity index (χ0n) is 35.8. The molecule has 0 aliphatic heterocycles. The molecule has 3 aromatic rings. The average molecular weight is 831 g/mol. The van der Waals surface area contributed by atoms with E-state index in [4.69, 9.17) is 14.2 Å². The zero-order valence-corrected chi connectivity index (χ0v) is 35.8. The van der Waals surface area contributed by atoms with Gasteiger partial charge in [0.05, 0.1) is 12.8 Å². The van der Waals surface area contributed by atoms with Crippen molar-refractivity contribution in [3.63, 3.8) is 0 Å². The van der Waals surface area contributed by atoms with E-state index in [1.165, 1.54) is 0 Å². The lowest BCUT2D eigenvalue weighted by Gasteiger charge is -2.37. The number of carbonyl (C=O) groups is 7. The molecule has 0 aromatic heterocycles. The number of alkyl carbamates (subject to hydrolysis) is 1. The summed E-state index contributed by atoms with van der Waals surface area (Å²) in [6, 6.07) is 22.4. The highest BCUT2D eigenvalue weighted by molar-refractivity contribution is 5.97. The highest BCUT2D eigenvalue weighted by Crippen LogP contribution is 2.37. The monoisotopic (exact) mass is 830 g/mol. The summed E-state index contributed by atoms with van der Waals surface area (Å²) in [6.07, 6.45) is -3.26. The molecule has 60 heavy (non-hydrogen) atoms. The van der Waals surface area contributed by atoms with Gasteiger partial charge in [0.15, 0.2) is 0 Å². The van der Waals surface area contributed by atoms with Gasteiger partial charge in [-0.15, -0.1) is 0 Å². The van der Waals surface area contributed by atoms with Gasteiger partial charge in [0, 0.05) is 6.42 Å². The van der Waals surface area contributed by atoms with Crippen molar-refractivity contribution in [2.45, 2.75) is 128 Å². The van der Waals surface area contributed by atoms with Crippen molar-refractivity contribution < 1.29 is 52.9 Å². The molecule has 0 saturated carbocycles. The molecule has 3 rings (SSSR count). The molecule has 0 aliphatic rings. The van der Waals surface area contributed by atoms with Gasteiger partial charge in [0.2, 0.25) is 17.7 Å². The fraction of sp³-hybridized carbons (Fsp3) is 0.444. The van der Waals surface area contributed by atoms with Crippen LogP contribution in [0.3, 0.4) is 0 Å². The Hall–Kier alpha value is -6.25. The SMILES string of the molecule is CC(C)(C)OC(=O)CC[C@H](NC(=O)[C@H](CC(=O)OC(C)(C)C)NC(=O)[C@H](CC(=O)NC(c1ccccc1)(c1ccccc1)c1ccccc1)NC(=O)OC(C)(C)C)C(=O)O. The molecule has 0 unspecified atom stereocenters. The van der Waals surface area contributed by atoms with E-state index in [-0.39, 0.29) is 12.8 Å². The molecular formula is C45H58N4O11. The zero-order chi connectivity index (χ0) is 44.9. The minimum absolute atomic E-state index is 0.370. The number of benzene rings is 3. The predicted molar refractivity (Wildman–Crippen MR) is 222 cm³/mol. The Morgan fingerprint density at radius 2 is 0.900 bits per heavy atom. The highest BCUT2D eigenvalue weighted by atomic mass is 16.6. The van der Waals surface area contributed by atoms with Crippen molar-refractivity contribution in [1.29, 1.82) is 0 Å². The molecule has 4 amide bonds. The topological polar surface area (TPSA) is 216 Å². The van der Waals surface area contributed by atoms with Crippen molar-refractivity contribution in [3.8, 4) is 0 Å². The van der Waals surface area contributed by atoms with Crippen LogP contribution >= 0.6 is 0 Å². The van der Waals surface area contributed by atoms with Crippen LogP contribution in [0.5, 0.6) is 0 Å². The average Bonchev–Trinajstić information content (AvgIpc) is 3.13. The van der Waals surface area contributed by atoms with Crippen LogP contribution in [0.2, 0.25) is 0 Å². The molecule has 324 valence electrons. The Bertz CT molecular complexity index is 1860. The number of carboxylic acid groups (broad SMARTS) is 1. The lowest BCUT2D eigenvalue weighted by molar-refractivity contribution is -0.157. The number of amides is 4. The van der Waals surface area contributed by atoms with Crippen LogP contribution in [-0.4, -0.2) is 81.8 Å². The van der Waals surface area contributed by atoms with Gasteiger partial charge in [-0.1, -0.05) is 91.0 Å². The molecule has 3 aromatic carbocycles. The van der Waals surface area contributed by atoms with E-state index in [2.05, 4.69) is 21.3 Å². The first kappa shape index (κ1) is 48.1. The maximum absolute atomic E-state index is 14.4. The van der Waals surface area contributed by atoms with Gasteiger partial charge in [0.25, 0.3) is 0 Å². The van der Waals surface area contributed by atoms with Crippen LogP contribution in [0.25, 0.3) is 0 Å². The highest BCUT2D eigenvalue weighted by Gasteiger charge is 2.40. The number of carboxylic acids is 1. The van der Waals surface area contributed by atoms with Gasteiger partial charge in [-0.25, -0.2) is 9.59 Å². The number of hydrogen-bond donors (Lipinski definition) is 5. The van der Waals surface area contributed by atoms with Crippen molar-refractivity contribution in [2.75, 3.05) is 0 Å². The first-order valence-corrected chi connectivity index (χ1v) is 19.6. The lowest BCUT2D eigenvalue weighted by Crippen LogP contribution is -2.58. The maximum Gasteiger partial charge on any atom is 0.408 e. The first-order valence-electron chi connectivity index (χ1n) is 19.6. The molecule has 0 radical (unpaired) electrons. The molecule has 15 nitrogen and oxygen atoms in total. The molecule has 0 bridgehead atoms. The van der Waals surface area contributed by atoms with Crippen molar-refractivity contribution in [2.24, 2.45) is 0 Å². The fourth-order valence-corrected chi connectivity index (χ4v) is 6.10. The molecule has 0 spiro atoms. The fourth-order valence-electron chi connectivity index (χ4n) is 6.10. The van der Waals surface area contributed by atoms with Crippen LogP contribution in [0.1, 0.15) is 105 Å². The van der Waals surface area contributed by atoms with Gasteiger partial charge in [-0.2, -0.15) is 0 Å². The molecule has 15 heteroatoms. The third-order valence-corrected chi connectivity index (χ3v) is 8.44. The van der Waals surface area contributed by atoms with E-state index < -0.39 is 95.0 Å². The lowest BCUT2D eigenvalue weighted by atomic mass is 9.77. The van der Waals surface area contributed by atoms with Gasteiger partial charge < -0.3 is 40.6 Å². The molecule has 3 atom stereocenters. The van der Waals surface area contributed by atoms with Gasteiger partial charge in [-0.3, -0.25) is 24.0 Å². The van der Waals surface area contributed by atoms with Crippen molar-refractivity contribution >= 4 is 41.7 Å². The van der Waals surface area contributed by atoms with Crippen LogP contribution < -0.4 is 21.3 Å². The maximum atomic E-state index is 14.4. The van der Waals surface area contributed by atoms with E-state index >= 15 is 0 Å². The first-order chi connectivity index (χ1) is 27.9. The number of esters is 2. The third-order valence-electron chi connectivity index (χ3n) is 8.44. The molecular weight excluding hydrogens is 773 g/mol. The number of nitrogens with one attached hydrogen (secondary N) is 4. The van der Waals surface area contributed by atoms with Gasteiger partial charge >= 0.3 is 24.0 Å². The van der Waals surface area contributed by atoms with Crippen molar-refractivity contribution in [1.82, 2.24) is 21.3 Å². The normalized spacial score (nSPS) is 13.3. The van der Waals surface area contributed by atoms with Crippen LogP contribution in [0.15, 0.2) is 91.0 Å². The quantitative estimate of drug-likeness (QED) is 0.0670. The Morgan fingerprint density at radius 3 is 1.30 bits per heavy atom. The van der Waals surface area contributed by atoms with E-state index in [0.29, 0.717) is 16.7 Å². The standard InChI is InChI=1S/C45H58N4O11/c1-42(2,3)58-36(51)26-25-32(40(55)56)46-39(54)34(28-37(52)59-43(4,5)6)47-38(53)33(48-41(57)60-44(7,8)9)27-35(50)49-45(29-19-13-10-14-20-29,30-21-15-11-16-22-30)31-23-17-12-18-24-31/h10-24,32-34H,25-28H2,1-9H3,(H,46,54)(H,47,53)(H,48,57)(H,49,50)(H,55,56)/t32-,33-,34-/m0/s1. The predicted octanol–water partition coefficient (Wildman–Crippen LogP) is 5.29. The largest absolute Gasteiger partial charge is 0.480 e. The Labute approximate surface area is 351 Å². The summed E-state index contributed by atoms with van der Waals surface area (Å²) in [5.41, 5.74) is -2.09. The number of carbonyl (C=O) groups excluding carboxylic acids is 6. The van der Waals surface area contributed by atoms with Crippen LogP contribution in [0, 0.1) is 0 Å². The molecule has 0 heterocycles. The smallest absolute Gasteiger partial charge is 0.408 e. The summed E-state index contributed by atoms with van der Waals surface area (Å²) in [6.45, 7) is 14.5. The van der Waals surface area contributed by atoms with Gasteiger partial charge in [-0.05, 0) is 85.4 Å². The summed E-state index contributed by atoms with van der Waals surface area (Å²) in [7, 11) is 0. The molecule has 0 saturated heterocycles. The number of ether oxygens (including phenoxy) is 3. The summed E-state index contributed by atoms with van der Waals surface area (Å²) in [4.78, 5) is 93.3. The summed E-state index contributed by atoms with van der Waals surface area (Å²) in [5.74, 6) is -6.01. The van der Waals surface area contributed by atoms with Crippen LogP contribution in [-0.2, 0) is 48.5 Å². The number of rotatable bonds is 17. The molecule has 0 aliphatic carbocycles. The molecule has 5 N–H and O–H groups in total. The summed E-state index contributed by atoms with van der Waals surface area (Å²) in [5, 5.41) is 20.2. The van der Waals surface area contributed by atoms with E-state index in [0.717, 1.165) is 0 Å². The van der Waals surface area contributed by atoms with Crippen LogP contribution in [0.4, 0.5) is 4.79 Å². The Morgan fingerprint density at radius 1 is 0.517 bits per heavy atom. The minimum Gasteiger partial charge on any atom is -0.480 e. The number of hydrogen-bond acceptors (Lipinski definition) is 10. The Kier molecular flexibility index (Phi) is 16.5. The summed E-state index contributed by atoms with van der Waals surface area (Å²) < 4.78 is 16.1. The van der Waals surface area contributed by atoms with Crippen molar-refractivity contribution in [3.05, 3.63) is 108 Å². The Balaban J connectivity index is 2.03. The number of aliphatic carboxylic acids is 1. The summed E-state index contributed by atoms with van der Waals surface area (Å²) >= 11 is 0. The second-order valence-electron chi connectivity index (χ2n) is 17.2. The minimum atomic E-state index is -1.77. The van der Waals surface area contributed by atoms with E-state index in [1.807, 2.05) is 91.0 Å². The second kappa shape index (κ2) is 20.6. The second-order valence-corrected chi connectivity index (χ2v) is 17.2.